The Morgan fingerprint density at radius 2 is 1.38 bits per heavy atom. The maximum Gasteiger partial charge on any atom is 0.227 e. The Morgan fingerprint density at radius 3 is 1.81 bits per heavy atom. The molecule has 3 saturated heterocycles. The molecule has 0 spiro atoms. The monoisotopic (exact) mass is 292 g/mol. The van der Waals surface area contributed by atoms with Crippen molar-refractivity contribution in [2.24, 2.45) is 0 Å². The van der Waals surface area contributed by atoms with Gasteiger partial charge in [0.25, 0.3) is 0 Å². The molecule has 0 bridgehead atoms. The van der Waals surface area contributed by atoms with E-state index < -0.39 is 4.92 Å². The number of hydrogen-bond donors (Lipinski definition) is 0. The summed E-state index contributed by atoms with van der Waals surface area (Å²) in [5.74, 6) is 0.0485. The Balaban J connectivity index is 0.000000298. The molecule has 3 heterocycles. The molecule has 4 rings (SSSR count). The first-order valence-corrected chi connectivity index (χ1v) is 6.87. The summed E-state index contributed by atoms with van der Waals surface area (Å²) in [7, 11) is 0.889. The normalized spacial score (nSPS) is 22.7. The minimum atomic E-state index is -0.500. The molecule has 3 aliphatic heterocycles. The van der Waals surface area contributed by atoms with Crippen LogP contribution in [-0.4, -0.2) is 77.5 Å². The largest absolute Gasteiger partial charge is 0.365 e. The van der Waals surface area contributed by atoms with Crippen molar-refractivity contribution in [3.63, 3.8) is 0 Å². The predicted molar refractivity (Wildman–Crippen MR) is 72.8 cm³/mol. The van der Waals surface area contributed by atoms with E-state index in [1.807, 2.05) is 14.7 Å². The van der Waals surface area contributed by atoms with Gasteiger partial charge in [0, 0.05) is 50.3 Å². The van der Waals surface area contributed by atoms with Gasteiger partial charge in [-0.15, -0.1) is 0 Å². The minimum absolute atomic E-state index is 0.00546. The van der Waals surface area contributed by atoms with Crippen LogP contribution in [0.5, 0.6) is 0 Å². The quantitative estimate of drug-likeness (QED) is 0.287. The van der Waals surface area contributed by atoms with E-state index in [1.54, 1.807) is 0 Å². The highest BCUT2D eigenvalue weighted by Gasteiger charge is 2.43. The minimum Gasteiger partial charge on any atom is -0.365 e. The average Bonchev–Trinajstić information content (AvgIpc) is 3.26. The van der Waals surface area contributed by atoms with E-state index in [1.165, 1.54) is 6.08 Å². The van der Waals surface area contributed by atoms with Crippen molar-refractivity contribution in [2.45, 2.75) is 0 Å². The Morgan fingerprint density at radius 1 is 0.952 bits per heavy atom. The van der Waals surface area contributed by atoms with Gasteiger partial charge in [-0.3, -0.25) is 19.7 Å². The summed E-state index contributed by atoms with van der Waals surface area (Å²) >= 11 is 0. The van der Waals surface area contributed by atoms with Crippen molar-refractivity contribution >= 4 is 11.6 Å². The van der Waals surface area contributed by atoms with Crippen LogP contribution >= 0.6 is 0 Å². The topological polar surface area (TPSA) is 86.3 Å². The molecule has 0 unspecified atom stereocenters. The van der Waals surface area contributed by atoms with E-state index in [2.05, 4.69) is 0 Å². The third-order valence-corrected chi connectivity index (χ3v) is 3.49. The highest BCUT2D eigenvalue weighted by molar-refractivity contribution is 6.22. The van der Waals surface area contributed by atoms with E-state index >= 15 is 0 Å². The first-order chi connectivity index (χ1) is 9.99. The van der Waals surface area contributed by atoms with Crippen molar-refractivity contribution in [1.82, 2.24) is 14.7 Å². The van der Waals surface area contributed by atoms with Crippen LogP contribution in [0, 0.1) is 10.1 Å². The highest BCUT2D eigenvalue weighted by atomic mass is 16.6. The van der Waals surface area contributed by atoms with Gasteiger partial charge >= 0.3 is 0 Å². The van der Waals surface area contributed by atoms with Crippen LogP contribution in [0.1, 0.15) is 0 Å². The molecule has 112 valence electrons. The molecule has 8 nitrogen and oxygen atoms in total. The average molecular weight is 292 g/mol. The van der Waals surface area contributed by atoms with Gasteiger partial charge in [0.15, 0.2) is 7.05 Å². The molecular weight excluding hydrogens is 276 g/mol. The van der Waals surface area contributed by atoms with E-state index in [0.29, 0.717) is 17.1 Å². The van der Waals surface area contributed by atoms with Crippen molar-refractivity contribution in [2.75, 3.05) is 46.3 Å². The Bertz CT molecular complexity index is 579. The molecule has 4 aliphatic rings. The molecular formula is C13H16N4O4. The number of nitrogens with zero attached hydrogens (tertiary/aromatic N) is 4. The standard InChI is InChI=1S/C12H13N3O2.CH3NO2/c16-9-7-8(13-1-2-13)12(17)11(15-5-6-15)10(9)14-3-4-14;1-2(3)4/h7H,1-6H2;1H3. The summed E-state index contributed by atoms with van der Waals surface area (Å²) < 4.78 is 0. The number of carbonyl (C=O) groups excluding carboxylic acids is 2. The van der Waals surface area contributed by atoms with Gasteiger partial charge < -0.3 is 14.7 Å². The second-order valence-corrected chi connectivity index (χ2v) is 5.32. The van der Waals surface area contributed by atoms with Crippen molar-refractivity contribution in [3.05, 3.63) is 33.3 Å². The smallest absolute Gasteiger partial charge is 0.227 e. The van der Waals surface area contributed by atoms with Gasteiger partial charge in [0.1, 0.15) is 11.4 Å². The summed E-state index contributed by atoms with van der Waals surface area (Å²) in [5, 5.41) is 8.81. The number of rotatable bonds is 3. The molecule has 0 N–H and O–H groups in total. The molecule has 0 amide bonds. The molecule has 3 fully saturated rings. The van der Waals surface area contributed by atoms with Gasteiger partial charge in [-0.2, -0.15) is 0 Å². The van der Waals surface area contributed by atoms with Crippen LogP contribution in [0.25, 0.3) is 0 Å². The second kappa shape index (κ2) is 4.87. The summed E-state index contributed by atoms with van der Waals surface area (Å²) in [6.45, 7) is 5.41. The number of ketones is 2. The Hall–Kier alpha value is -2.38. The van der Waals surface area contributed by atoms with Gasteiger partial charge in [-0.25, -0.2) is 0 Å². The SMILES string of the molecule is C[N+](=O)[O-].O=C1C=C(N2CC2)C(=O)C(N2CC2)=C1N1CC1. The molecule has 8 heteroatoms. The van der Waals surface area contributed by atoms with Gasteiger partial charge in [0.05, 0.1) is 5.70 Å². The zero-order valence-corrected chi connectivity index (χ0v) is 11.7. The molecule has 1 aliphatic carbocycles. The zero-order valence-electron chi connectivity index (χ0n) is 11.7. The Kier molecular flexibility index (Phi) is 3.15. The van der Waals surface area contributed by atoms with Gasteiger partial charge in [0.2, 0.25) is 11.6 Å². The lowest BCUT2D eigenvalue weighted by molar-refractivity contribution is -0.445. The third-order valence-electron chi connectivity index (χ3n) is 3.49. The molecule has 0 aromatic rings. The first kappa shape index (κ1) is 13.6. The zero-order chi connectivity index (χ0) is 15.1. The van der Waals surface area contributed by atoms with Crippen LogP contribution in [0.3, 0.4) is 0 Å². The van der Waals surface area contributed by atoms with E-state index in [4.69, 9.17) is 10.1 Å². The fourth-order valence-corrected chi connectivity index (χ4v) is 2.28. The lowest BCUT2D eigenvalue weighted by atomic mass is 10.0. The summed E-state index contributed by atoms with van der Waals surface area (Å²) in [4.78, 5) is 38.8. The first-order valence-electron chi connectivity index (χ1n) is 6.87. The van der Waals surface area contributed by atoms with Crippen molar-refractivity contribution < 1.29 is 14.5 Å². The van der Waals surface area contributed by atoms with Crippen molar-refractivity contribution in [1.29, 1.82) is 0 Å². The van der Waals surface area contributed by atoms with Crippen LogP contribution in [0.15, 0.2) is 23.2 Å². The van der Waals surface area contributed by atoms with Gasteiger partial charge in [-0.05, 0) is 0 Å². The predicted octanol–water partition coefficient (Wildman–Crippen LogP) is -0.927. The maximum absolute atomic E-state index is 12.4. The summed E-state index contributed by atoms with van der Waals surface area (Å²) in [6.07, 6.45) is 1.52. The van der Waals surface area contributed by atoms with Crippen molar-refractivity contribution in [3.8, 4) is 0 Å². The number of allylic oxidation sites excluding steroid dienone is 1. The van der Waals surface area contributed by atoms with Gasteiger partial charge in [-0.1, -0.05) is 0 Å². The molecule has 0 aromatic heterocycles. The summed E-state index contributed by atoms with van der Waals surface area (Å²) in [6, 6.07) is 0. The second-order valence-electron chi connectivity index (χ2n) is 5.32. The van der Waals surface area contributed by atoms with E-state index in [-0.39, 0.29) is 11.6 Å². The molecule has 0 radical (unpaired) electrons. The lowest BCUT2D eigenvalue weighted by Crippen LogP contribution is -2.29. The fourth-order valence-electron chi connectivity index (χ4n) is 2.28. The molecule has 0 atom stereocenters. The third kappa shape index (κ3) is 2.88. The molecule has 0 saturated carbocycles. The maximum atomic E-state index is 12.4. The molecule has 21 heavy (non-hydrogen) atoms. The number of hydrogen-bond acceptors (Lipinski definition) is 7. The lowest BCUT2D eigenvalue weighted by Gasteiger charge is -2.21. The number of carbonyl (C=O) groups is 2. The Labute approximate surface area is 121 Å². The van der Waals surface area contributed by atoms with Crippen LogP contribution in [-0.2, 0) is 9.59 Å². The number of Topliss-reactive ketones (excluding diaryl/α,β-unsaturated/α-hetero) is 1. The highest BCUT2D eigenvalue weighted by Crippen LogP contribution is 2.33. The van der Waals surface area contributed by atoms with Crippen LogP contribution in [0.4, 0.5) is 0 Å². The number of nitro groups is 1. The van der Waals surface area contributed by atoms with Crippen LogP contribution < -0.4 is 0 Å². The fraction of sp³-hybridized carbons (Fsp3) is 0.538. The van der Waals surface area contributed by atoms with Crippen LogP contribution in [0.2, 0.25) is 0 Å². The summed E-state index contributed by atoms with van der Waals surface area (Å²) in [5.41, 5.74) is 1.89. The van der Waals surface area contributed by atoms with E-state index in [0.717, 1.165) is 46.3 Å². The molecule has 0 aromatic carbocycles. The van der Waals surface area contributed by atoms with E-state index in [9.17, 15) is 9.59 Å².